The quantitative estimate of drug-likeness (QED) is 0.0261. The second-order valence-corrected chi connectivity index (χ2v) is 19.8. The SMILES string of the molecule is CC/C=C\C/C=C\C/C=C\C/C=C\C/C=C\CCCCCCCCCCCCCCCC(=O)OCC(COC(=O)C/C=C\C/C=C\C/C=C\C/C=C\C/C=C\CC)OC(=O)CCC/C=C\C/C=C\C/C=C\C/C=C\C/C=C\CC. The Bertz CT molecular complexity index is 1870. The molecule has 6 nitrogen and oxygen atoms in total. The van der Waals surface area contributed by atoms with Gasteiger partial charge in [0, 0.05) is 12.8 Å². The molecule has 0 amide bonds. The van der Waals surface area contributed by atoms with Gasteiger partial charge in [0.1, 0.15) is 13.2 Å². The number of esters is 3. The molecule has 0 aliphatic carbocycles. The molecule has 0 rings (SSSR count). The van der Waals surface area contributed by atoms with Crippen LogP contribution in [-0.4, -0.2) is 37.2 Å². The van der Waals surface area contributed by atoms with Crippen molar-refractivity contribution < 1.29 is 28.6 Å². The van der Waals surface area contributed by atoms with E-state index in [2.05, 4.69) is 191 Å². The van der Waals surface area contributed by atoms with E-state index < -0.39 is 18.0 Å². The molecule has 0 aliphatic rings. The number of unbranched alkanes of at least 4 members (excludes halogenated alkanes) is 14. The minimum atomic E-state index is -0.859. The predicted molar refractivity (Wildman–Crippen MR) is 343 cm³/mol. The Morgan fingerprint density at radius 3 is 0.861 bits per heavy atom. The summed E-state index contributed by atoms with van der Waals surface area (Å²) in [4.78, 5) is 38.2. The van der Waals surface area contributed by atoms with E-state index in [9.17, 15) is 14.4 Å². The van der Waals surface area contributed by atoms with Crippen molar-refractivity contribution in [3.63, 3.8) is 0 Å². The summed E-state index contributed by atoms with van der Waals surface area (Å²) >= 11 is 0. The van der Waals surface area contributed by atoms with Gasteiger partial charge in [-0.3, -0.25) is 14.4 Å². The zero-order valence-electron chi connectivity index (χ0n) is 50.3. The number of carbonyl (C=O) groups is 3. The molecule has 0 N–H and O–H groups in total. The van der Waals surface area contributed by atoms with Gasteiger partial charge in [0.25, 0.3) is 0 Å². The second kappa shape index (κ2) is 65.0. The van der Waals surface area contributed by atoms with Crippen molar-refractivity contribution in [2.75, 3.05) is 13.2 Å². The van der Waals surface area contributed by atoms with Crippen LogP contribution in [-0.2, 0) is 28.6 Å². The van der Waals surface area contributed by atoms with Crippen LogP contribution in [0.2, 0.25) is 0 Å². The average Bonchev–Trinajstić information content (AvgIpc) is 3.45. The number of carbonyl (C=O) groups excluding carboxylic acids is 3. The Kier molecular flexibility index (Phi) is 60.5. The van der Waals surface area contributed by atoms with Gasteiger partial charge >= 0.3 is 17.9 Å². The third-order valence-corrected chi connectivity index (χ3v) is 12.4. The summed E-state index contributed by atoms with van der Waals surface area (Å²) in [5.41, 5.74) is 0. The first kappa shape index (κ1) is 73.5. The van der Waals surface area contributed by atoms with E-state index in [1.54, 1.807) is 6.08 Å². The van der Waals surface area contributed by atoms with Crippen LogP contribution in [0.5, 0.6) is 0 Å². The molecular weight excluding hydrogens is 973 g/mol. The number of hydrogen-bond donors (Lipinski definition) is 0. The molecule has 0 aromatic heterocycles. The molecule has 0 aliphatic heterocycles. The first-order chi connectivity index (χ1) is 39.0. The Balaban J connectivity index is 4.44. The Morgan fingerprint density at radius 1 is 0.266 bits per heavy atom. The lowest BCUT2D eigenvalue weighted by atomic mass is 10.0. The number of allylic oxidation sites excluding steroid dienone is 29. The lowest BCUT2D eigenvalue weighted by Gasteiger charge is -2.18. The van der Waals surface area contributed by atoms with E-state index in [1.807, 2.05) is 6.08 Å². The van der Waals surface area contributed by atoms with Crippen LogP contribution in [0.25, 0.3) is 0 Å². The molecule has 79 heavy (non-hydrogen) atoms. The molecule has 0 saturated heterocycles. The minimum Gasteiger partial charge on any atom is -0.462 e. The molecule has 0 bridgehead atoms. The average molecular weight is 1090 g/mol. The van der Waals surface area contributed by atoms with Gasteiger partial charge in [-0.25, -0.2) is 0 Å². The molecule has 0 spiro atoms. The van der Waals surface area contributed by atoms with Gasteiger partial charge in [0.15, 0.2) is 6.10 Å². The van der Waals surface area contributed by atoms with Gasteiger partial charge in [0.05, 0.1) is 6.42 Å². The van der Waals surface area contributed by atoms with E-state index >= 15 is 0 Å². The maximum atomic E-state index is 12.9. The monoisotopic (exact) mass is 1080 g/mol. The number of ether oxygens (including phenoxy) is 3. The van der Waals surface area contributed by atoms with Gasteiger partial charge in [-0.1, -0.05) is 274 Å². The van der Waals surface area contributed by atoms with Crippen LogP contribution in [0.1, 0.15) is 239 Å². The van der Waals surface area contributed by atoms with Gasteiger partial charge in [-0.2, -0.15) is 0 Å². The third kappa shape index (κ3) is 63.2. The lowest BCUT2D eigenvalue weighted by molar-refractivity contribution is -0.166. The normalized spacial score (nSPS) is 13.4. The largest absolute Gasteiger partial charge is 0.462 e. The van der Waals surface area contributed by atoms with Crippen molar-refractivity contribution in [2.24, 2.45) is 0 Å². The zero-order chi connectivity index (χ0) is 57.1. The smallest absolute Gasteiger partial charge is 0.309 e. The molecular formula is C73H112O6. The van der Waals surface area contributed by atoms with E-state index in [4.69, 9.17) is 14.2 Å². The summed E-state index contributed by atoms with van der Waals surface area (Å²) in [6, 6.07) is 0. The van der Waals surface area contributed by atoms with Crippen molar-refractivity contribution in [3.05, 3.63) is 182 Å². The summed E-state index contributed by atoms with van der Waals surface area (Å²) in [6.45, 7) is 6.15. The maximum Gasteiger partial charge on any atom is 0.309 e. The number of rotatable bonds is 54. The molecule has 440 valence electrons. The summed E-state index contributed by atoms with van der Waals surface area (Å²) in [6.07, 6.45) is 97.9. The highest BCUT2D eigenvalue weighted by molar-refractivity contribution is 5.72. The highest BCUT2D eigenvalue weighted by Crippen LogP contribution is 2.15. The van der Waals surface area contributed by atoms with E-state index in [0.717, 1.165) is 122 Å². The second-order valence-electron chi connectivity index (χ2n) is 19.8. The van der Waals surface area contributed by atoms with E-state index in [-0.39, 0.29) is 32.0 Å². The zero-order valence-corrected chi connectivity index (χ0v) is 50.3. The Labute approximate surface area is 484 Å². The fraction of sp³-hybridized carbons (Fsp3) is 0.548. The van der Waals surface area contributed by atoms with Crippen LogP contribution in [0.15, 0.2) is 182 Å². The van der Waals surface area contributed by atoms with E-state index in [0.29, 0.717) is 12.8 Å². The van der Waals surface area contributed by atoms with Gasteiger partial charge in [0.2, 0.25) is 0 Å². The lowest BCUT2D eigenvalue weighted by Crippen LogP contribution is -2.30. The highest BCUT2D eigenvalue weighted by Gasteiger charge is 2.19. The van der Waals surface area contributed by atoms with Crippen LogP contribution in [0.3, 0.4) is 0 Å². The van der Waals surface area contributed by atoms with E-state index in [1.165, 1.54) is 70.6 Å². The molecule has 1 atom stereocenters. The van der Waals surface area contributed by atoms with Crippen LogP contribution in [0, 0.1) is 0 Å². The van der Waals surface area contributed by atoms with Crippen LogP contribution in [0.4, 0.5) is 0 Å². The molecule has 0 aromatic carbocycles. The predicted octanol–water partition coefficient (Wildman–Crippen LogP) is 21.7. The first-order valence-corrected chi connectivity index (χ1v) is 31.3. The third-order valence-electron chi connectivity index (χ3n) is 12.4. The Morgan fingerprint density at radius 2 is 0.519 bits per heavy atom. The fourth-order valence-corrected chi connectivity index (χ4v) is 7.87. The number of hydrogen-bond acceptors (Lipinski definition) is 6. The highest BCUT2D eigenvalue weighted by atomic mass is 16.6. The van der Waals surface area contributed by atoms with Gasteiger partial charge in [-0.05, 0) is 128 Å². The molecule has 0 fully saturated rings. The fourth-order valence-electron chi connectivity index (χ4n) is 7.87. The molecule has 0 radical (unpaired) electrons. The van der Waals surface area contributed by atoms with Crippen molar-refractivity contribution >= 4 is 17.9 Å². The van der Waals surface area contributed by atoms with Crippen LogP contribution >= 0.6 is 0 Å². The van der Waals surface area contributed by atoms with Crippen molar-refractivity contribution in [3.8, 4) is 0 Å². The summed E-state index contributed by atoms with van der Waals surface area (Å²) in [7, 11) is 0. The van der Waals surface area contributed by atoms with Crippen LogP contribution < -0.4 is 0 Å². The topological polar surface area (TPSA) is 78.9 Å². The van der Waals surface area contributed by atoms with Crippen molar-refractivity contribution in [1.29, 1.82) is 0 Å². The molecule has 6 heteroatoms. The molecule has 0 saturated carbocycles. The van der Waals surface area contributed by atoms with Crippen molar-refractivity contribution in [1.82, 2.24) is 0 Å². The molecule has 1 unspecified atom stereocenters. The van der Waals surface area contributed by atoms with Gasteiger partial charge < -0.3 is 14.2 Å². The Hall–Kier alpha value is -5.49. The summed E-state index contributed by atoms with van der Waals surface area (Å²) < 4.78 is 16.7. The standard InChI is InChI=1S/C73H112O6/c1-4-7-10-13-16-19-22-25-28-30-31-32-33-34-35-36-37-38-39-40-41-43-45-48-51-54-57-60-63-66-72(75)78-69-70(68-77-71(74)65-62-59-56-53-50-47-44-27-24-21-18-15-12-9-6-3)79-73(76)67-64-61-58-55-52-49-46-42-29-26-23-20-17-14-11-8-5-2/h7-12,16-21,25-29,31-32,34-35,44,46,49-50,53,55,58-59,62,70H,4-6,13-15,22-24,30,33,36-43,45,47-48,51-52,54,56-57,60-61,63-69H2,1-3H3/b10-7-,11-8-,12-9-,19-16-,20-17-,21-18-,28-25-,29-26-,32-31-,35-34-,44-27-,49-46-,53-50-,58-55-,62-59-. The molecule has 0 heterocycles. The van der Waals surface area contributed by atoms with Crippen molar-refractivity contribution in [2.45, 2.75) is 245 Å². The first-order valence-electron chi connectivity index (χ1n) is 31.3. The maximum absolute atomic E-state index is 12.9. The molecule has 0 aromatic rings. The van der Waals surface area contributed by atoms with Gasteiger partial charge in [-0.15, -0.1) is 0 Å². The summed E-state index contributed by atoms with van der Waals surface area (Å²) in [5.74, 6) is -1.14. The summed E-state index contributed by atoms with van der Waals surface area (Å²) in [5, 5.41) is 0. The minimum absolute atomic E-state index is 0.106.